The molecule has 0 aromatic rings. The number of hydrogen-bond donors (Lipinski definition) is 0. The van der Waals surface area contributed by atoms with Gasteiger partial charge < -0.3 is 0 Å². The molecule has 0 nitrogen and oxygen atoms in total. The highest BCUT2D eigenvalue weighted by Crippen LogP contribution is 2.23. The summed E-state index contributed by atoms with van der Waals surface area (Å²) >= 11 is 0. The Labute approximate surface area is 104 Å². The van der Waals surface area contributed by atoms with Gasteiger partial charge in [0, 0.05) is 0 Å². The summed E-state index contributed by atoms with van der Waals surface area (Å²) in [6.07, 6.45) is 14.5. The molecule has 0 rings (SSSR count). The van der Waals surface area contributed by atoms with Gasteiger partial charge in [0.05, 0.1) is 0 Å². The van der Waals surface area contributed by atoms with Gasteiger partial charge in [-0.05, 0) is 24.7 Å². The summed E-state index contributed by atoms with van der Waals surface area (Å²) in [4.78, 5) is 0. The van der Waals surface area contributed by atoms with Crippen molar-refractivity contribution < 1.29 is 0 Å². The minimum atomic E-state index is 0.895. The van der Waals surface area contributed by atoms with Gasteiger partial charge in [-0.1, -0.05) is 71.8 Å². The molecule has 0 spiro atoms. The van der Waals surface area contributed by atoms with E-state index in [0.717, 1.165) is 11.8 Å². The molecule has 0 saturated heterocycles. The van der Waals surface area contributed by atoms with Crippen molar-refractivity contribution in [3.05, 3.63) is 12.7 Å². The van der Waals surface area contributed by atoms with Gasteiger partial charge in [0.25, 0.3) is 0 Å². The largest absolute Gasteiger partial charge is 0.103 e. The zero-order valence-corrected chi connectivity index (χ0v) is 11.8. The molecule has 0 saturated carbocycles. The smallest absolute Gasteiger partial charge is 0.0353 e. The Balaban J connectivity index is 3.39. The van der Waals surface area contributed by atoms with Crippen LogP contribution in [0, 0.1) is 11.8 Å². The summed E-state index contributed by atoms with van der Waals surface area (Å²) in [7, 11) is 0. The van der Waals surface area contributed by atoms with Crippen LogP contribution >= 0.6 is 0 Å². The van der Waals surface area contributed by atoms with Crippen LogP contribution in [0.15, 0.2) is 12.7 Å². The Morgan fingerprint density at radius 1 is 0.875 bits per heavy atom. The van der Waals surface area contributed by atoms with Gasteiger partial charge in [0.15, 0.2) is 0 Å². The van der Waals surface area contributed by atoms with Gasteiger partial charge >= 0.3 is 0 Å². The Hall–Kier alpha value is -0.260. The van der Waals surface area contributed by atoms with Crippen LogP contribution in [-0.2, 0) is 0 Å². The van der Waals surface area contributed by atoms with Crippen molar-refractivity contribution in [1.82, 2.24) is 0 Å². The third-order valence-electron chi connectivity index (χ3n) is 3.80. The van der Waals surface area contributed by atoms with Crippen LogP contribution in [0.1, 0.15) is 78.6 Å². The molecule has 0 heteroatoms. The normalized spacial score (nSPS) is 14.7. The highest BCUT2D eigenvalue weighted by Gasteiger charge is 2.10. The first-order chi connectivity index (χ1) is 7.72. The van der Waals surface area contributed by atoms with E-state index in [1.807, 2.05) is 6.08 Å². The lowest BCUT2D eigenvalue weighted by atomic mass is 9.87. The highest BCUT2D eigenvalue weighted by atomic mass is 14.2. The van der Waals surface area contributed by atoms with Crippen LogP contribution in [0.4, 0.5) is 0 Å². The molecule has 0 aliphatic carbocycles. The maximum absolute atomic E-state index is 3.78. The summed E-state index contributed by atoms with van der Waals surface area (Å²) in [6, 6.07) is 0. The number of hydrogen-bond acceptors (Lipinski definition) is 0. The maximum Gasteiger partial charge on any atom is -0.0353 e. The molecule has 0 fully saturated rings. The predicted octanol–water partition coefficient (Wildman–Crippen LogP) is 5.98. The topological polar surface area (TPSA) is 0 Å². The summed E-state index contributed by atoms with van der Waals surface area (Å²) in [6.45, 7) is 10.9. The fourth-order valence-electron chi connectivity index (χ4n) is 2.22. The van der Waals surface area contributed by atoms with Gasteiger partial charge in [-0.15, -0.1) is 6.58 Å². The van der Waals surface area contributed by atoms with E-state index in [9.17, 15) is 0 Å². The molecule has 96 valence electrons. The van der Waals surface area contributed by atoms with Gasteiger partial charge in [-0.25, -0.2) is 0 Å². The first-order valence-corrected chi connectivity index (χ1v) is 7.33. The second-order valence-electron chi connectivity index (χ2n) is 5.38. The van der Waals surface area contributed by atoms with E-state index < -0.39 is 0 Å². The van der Waals surface area contributed by atoms with Crippen LogP contribution < -0.4 is 0 Å². The Bertz CT molecular complexity index is 148. The fraction of sp³-hybridized carbons (Fsp3) is 0.875. The van der Waals surface area contributed by atoms with Crippen LogP contribution in [-0.4, -0.2) is 0 Å². The average molecular weight is 224 g/mol. The van der Waals surface area contributed by atoms with Crippen molar-refractivity contribution >= 4 is 0 Å². The molecular formula is C16H32. The van der Waals surface area contributed by atoms with Crippen LogP contribution in [0.25, 0.3) is 0 Å². The van der Waals surface area contributed by atoms with E-state index in [1.165, 1.54) is 57.8 Å². The zero-order chi connectivity index (χ0) is 12.2. The summed E-state index contributed by atoms with van der Waals surface area (Å²) < 4.78 is 0. The standard InChI is InChI=1S/C16H32/c1-5-7-9-10-12-14-16(4)15(3)13-11-8-6-2/h6,15-16H,2,5,7-14H2,1,3-4H3. The molecule has 0 amide bonds. The third kappa shape index (κ3) is 9.00. The molecule has 16 heavy (non-hydrogen) atoms. The van der Waals surface area contributed by atoms with Crippen LogP contribution in [0.2, 0.25) is 0 Å². The third-order valence-corrected chi connectivity index (χ3v) is 3.80. The maximum atomic E-state index is 3.78. The van der Waals surface area contributed by atoms with Gasteiger partial charge in [0.2, 0.25) is 0 Å². The number of unbranched alkanes of at least 4 members (excludes halogenated alkanes) is 5. The average Bonchev–Trinajstić information content (AvgIpc) is 2.28. The van der Waals surface area contributed by atoms with Crippen molar-refractivity contribution in [3.8, 4) is 0 Å². The quantitative estimate of drug-likeness (QED) is 0.299. The fourth-order valence-corrected chi connectivity index (χ4v) is 2.22. The SMILES string of the molecule is C=CCCCC(C)C(C)CCCCCCC. The molecule has 0 aromatic heterocycles. The minimum absolute atomic E-state index is 0.895. The first-order valence-electron chi connectivity index (χ1n) is 7.33. The van der Waals surface area contributed by atoms with E-state index in [4.69, 9.17) is 0 Å². The lowest BCUT2D eigenvalue weighted by molar-refractivity contribution is 0.327. The molecule has 0 heterocycles. The molecular weight excluding hydrogens is 192 g/mol. The van der Waals surface area contributed by atoms with E-state index in [2.05, 4.69) is 27.4 Å². The Morgan fingerprint density at radius 3 is 2.00 bits per heavy atom. The minimum Gasteiger partial charge on any atom is -0.103 e. The monoisotopic (exact) mass is 224 g/mol. The van der Waals surface area contributed by atoms with Crippen molar-refractivity contribution in [2.75, 3.05) is 0 Å². The van der Waals surface area contributed by atoms with E-state index in [0.29, 0.717) is 0 Å². The van der Waals surface area contributed by atoms with Crippen molar-refractivity contribution in [3.63, 3.8) is 0 Å². The van der Waals surface area contributed by atoms with E-state index in [1.54, 1.807) is 0 Å². The van der Waals surface area contributed by atoms with Crippen molar-refractivity contribution in [1.29, 1.82) is 0 Å². The second kappa shape index (κ2) is 11.2. The van der Waals surface area contributed by atoms with Gasteiger partial charge in [-0.3, -0.25) is 0 Å². The molecule has 0 N–H and O–H groups in total. The Morgan fingerprint density at radius 2 is 1.44 bits per heavy atom. The van der Waals surface area contributed by atoms with Crippen molar-refractivity contribution in [2.24, 2.45) is 11.8 Å². The van der Waals surface area contributed by atoms with Crippen LogP contribution in [0.3, 0.4) is 0 Å². The number of allylic oxidation sites excluding steroid dienone is 1. The van der Waals surface area contributed by atoms with Crippen LogP contribution in [0.5, 0.6) is 0 Å². The molecule has 0 radical (unpaired) electrons. The first kappa shape index (κ1) is 15.7. The zero-order valence-electron chi connectivity index (χ0n) is 11.8. The van der Waals surface area contributed by atoms with E-state index in [-0.39, 0.29) is 0 Å². The second-order valence-corrected chi connectivity index (χ2v) is 5.38. The lowest BCUT2D eigenvalue weighted by Crippen LogP contribution is -2.07. The van der Waals surface area contributed by atoms with Gasteiger partial charge in [0.1, 0.15) is 0 Å². The lowest BCUT2D eigenvalue weighted by Gasteiger charge is -2.19. The molecule has 2 atom stereocenters. The number of rotatable bonds is 11. The highest BCUT2D eigenvalue weighted by molar-refractivity contribution is 4.69. The van der Waals surface area contributed by atoms with Crippen molar-refractivity contribution in [2.45, 2.75) is 78.6 Å². The van der Waals surface area contributed by atoms with E-state index >= 15 is 0 Å². The molecule has 0 aliphatic rings. The molecule has 2 unspecified atom stereocenters. The molecule has 0 aromatic carbocycles. The summed E-state index contributed by atoms with van der Waals surface area (Å²) in [5, 5.41) is 0. The predicted molar refractivity (Wildman–Crippen MR) is 75.8 cm³/mol. The summed E-state index contributed by atoms with van der Waals surface area (Å²) in [5.41, 5.74) is 0. The molecule has 0 aliphatic heterocycles. The Kier molecular flexibility index (Phi) is 11.0. The van der Waals surface area contributed by atoms with Gasteiger partial charge in [-0.2, -0.15) is 0 Å². The molecule has 0 bridgehead atoms. The summed E-state index contributed by atoms with van der Waals surface area (Å²) in [5.74, 6) is 1.80.